The highest BCUT2D eigenvalue weighted by atomic mass is 32.2. The molecule has 0 atom stereocenters. The van der Waals surface area contributed by atoms with E-state index in [2.05, 4.69) is 6.92 Å². The van der Waals surface area contributed by atoms with Gasteiger partial charge < -0.3 is 0 Å². The molecule has 1 rings (SSSR count). The number of nitrogens with zero attached hydrogens (tertiary/aromatic N) is 2. The van der Waals surface area contributed by atoms with Crippen molar-refractivity contribution in [2.45, 2.75) is 51.8 Å². The second kappa shape index (κ2) is 8.16. The maximum absolute atomic E-state index is 12.6. The number of hydrogen-bond donors (Lipinski definition) is 0. The van der Waals surface area contributed by atoms with Gasteiger partial charge in [-0.1, -0.05) is 31.9 Å². The standard InChI is InChI=1S/C16H24N2O2S/c1-4-5-6-11-18(14(2)3)21(19,20)13-16-9-7-15(12-17)8-10-16/h7-10,14H,4-6,11,13H2,1-3H3. The van der Waals surface area contributed by atoms with Crippen molar-refractivity contribution >= 4 is 10.0 Å². The Kier molecular flexibility index (Phi) is 6.86. The summed E-state index contributed by atoms with van der Waals surface area (Å²) < 4.78 is 26.7. The Labute approximate surface area is 128 Å². The summed E-state index contributed by atoms with van der Waals surface area (Å²) in [6, 6.07) is 8.72. The third-order valence-corrected chi connectivity index (χ3v) is 5.36. The normalized spacial score (nSPS) is 11.8. The van der Waals surface area contributed by atoms with Gasteiger partial charge in [-0.2, -0.15) is 9.57 Å². The van der Waals surface area contributed by atoms with Crippen molar-refractivity contribution in [3.05, 3.63) is 35.4 Å². The van der Waals surface area contributed by atoms with E-state index in [1.165, 1.54) is 0 Å². The van der Waals surface area contributed by atoms with Gasteiger partial charge in [-0.3, -0.25) is 0 Å². The summed E-state index contributed by atoms with van der Waals surface area (Å²) in [6.07, 6.45) is 3.00. The second-order valence-corrected chi connectivity index (χ2v) is 7.40. The molecule has 0 spiro atoms. The topological polar surface area (TPSA) is 61.2 Å². The molecule has 0 aliphatic heterocycles. The van der Waals surface area contributed by atoms with Crippen LogP contribution in [-0.2, 0) is 15.8 Å². The van der Waals surface area contributed by atoms with Crippen molar-refractivity contribution in [1.29, 1.82) is 5.26 Å². The van der Waals surface area contributed by atoms with Crippen LogP contribution in [0.2, 0.25) is 0 Å². The molecular weight excluding hydrogens is 284 g/mol. The van der Waals surface area contributed by atoms with E-state index in [-0.39, 0.29) is 11.8 Å². The number of unbranched alkanes of at least 4 members (excludes halogenated alkanes) is 2. The maximum Gasteiger partial charge on any atom is 0.218 e. The molecule has 0 heterocycles. The summed E-state index contributed by atoms with van der Waals surface area (Å²) in [7, 11) is -3.32. The van der Waals surface area contributed by atoms with Gasteiger partial charge in [-0.05, 0) is 38.0 Å². The lowest BCUT2D eigenvalue weighted by Crippen LogP contribution is -2.38. The molecule has 0 aromatic heterocycles. The van der Waals surface area contributed by atoms with E-state index >= 15 is 0 Å². The van der Waals surface area contributed by atoms with Gasteiger partial charge in [0, 0.05) is 12.6 Å². The zero-order valence-corrected chi connectivity index (χ0v) is 13.9. The van der Waals surface area contributed by atoms with Gasteiger partial charge in [0.15, 0.2) is 0 Å². The second-order valence-electron chi connectivity index (χ2n) is 5.48. The molecule has 0 saturated heterocycles. The van der Waals surface area contributed by atoms with Crippen LogP contribution in [0.4, 0.5) is 0 Å². The van der Waals surface area contributed by atoms with Gasteiger partial charge in [0.05, 0.1) is 17.4 Å². The molecule has 21 heavy (non-hydrogen) atoms. The fourth-order valence-corrected chi connectivity index (χ4v) is 4.03. The summed E-state index contributed by atoms with van der Waals surface area (Å²) in [5.41, 5.74) is 1.26. The minimum absolute atomic E-state index is 0.0109. The molecule has 1 aromatic rings. The molecular formula is C16H24N2O2S. The number of hydrogen-bond acceptors (Lipinski definition) is 3. The first kappa shape index (κ1) is 17.7. The molecule has 0 fully saturated rings. The van der Waals surface area contributed by atoms with Crippen LogP contribution >= 0.6 is 0 Å². The molecule has 5 heteroatoms. The molecule has 1 aromatic carbocycles. The van der Waals surface area contributed by atoms with E-state index < -0.39 is 10.0 Å². The zero-order valence-electron chi connectivity index (χ0n) is 13.0. The van der Waals surface area contributed by atoms with Crippen molar-refractivity contribution in [1.82, 2.24) is 4.31 Å². The first-order chi connectivity index (χ1) is 9.90. The van der Waals surface area contributed by atoms with E-state index in [0.717, 1.165) is 24.8 Å². The molecule has 0 N–H and O–H groups in total. The van der Waals surface area contributed by atoms with E-state index in [9.17, 15) is 8.42 Å². The Morgan fingerprint density at radius 1 is 1.19 bits per heavy atom. The Balaban J connectivity index is 2.82. The van der Waals surface area contributed by atoms with Crippen LogP contribution in [0.3, 0.4) is 0 Å². The molecule has 0 amide bonds. The predicted molar refractivity (Wildman–Crippen MR) is 85.1 cm³/mol. The van der Waals surface area contributed by atoms with Crippen LogP contribution in [0, 0.1) is 11.3 Å². The third kappa shape index (κ3) is 5.49. The summed E-state index contributed by atoms with van der Waals surface area (Å²) in [5, 5.41) is 8.77. The van der Waals surface area contributed by atoms with Crippen LogP contribution in [0.5, 0.6) is 0 Å². The summed E-state index contributed by atoms with van der Waals surface area (Å²) >= 11 is 0. The van der Waals surface area contributed by atoms with Crippen molar-refractivity contribution < 1.29 is 8.42 Å². The summed E-state index contributed by atoms with van der Waals surface area (Å²) in [6.45, 7) is 6.49. The predicted octanol–water partition coefficient (Wildman–Crippen LogP) is 3.29. The van der Waals surface area contributed by atoms with Crippen molar-refractivity contribution in [3.8, 4) is 6.07 Å². The highest BCUT2D eigenvalue weighted by Crippen LogP contribution is 2.16. The minimum Gasteiger partial charge on any atom is -0.212 e. The van der Waals surface area contributed by atoms with Crippen LogP contribution in [0.15, 0.2) is 24.3 Å². The lowest BCUT2D eigenvalue weighted by molar-refractivity contribution is 0.345. The van der Waals surface area contributed by atoms with Gasteiger partial charge in [0.1, 0.15) is 0 Å². The third-order valence-electron chi connectivity index (χ3n) is 3.35. The Bertz CT molecular complexity index is 571. The van der Waals surface area contributed by atoms with E-state index in [0.29, 0.717) is 12.1 Å². The smallest absolute Gasteiger partial charge is 0.212 e. The molecule has 116 valence electrons. The number of sulfonamides is 1. The SMILES string of the molecule is CCCCCN(C(C)C)S(=O)(=O)Cc1ccc(C#N)cc1. The molecule has 0 aliphatic rings. The molecule has 0 radical (unpaired) electrons. The number of rotatable bonds is 8. The van der Waals surface area contributed by atoms with E-state index in [1.807, 2.05) is 19.9 Å². The van der Waals surface area contributed by atoms with Crippen LogP contribution in [0.25, 0.3) is 0 Å². The monoisotopic (exact) mass is 308 g/mol. The van der Waals surface area contributed by atoms with E-state index in [1.54, 1.807) is 28.6 Å². The summed E-state index contributed by atoms with van der Waals surface area (Å²) in [5.74, 6) is -0.0109. The van der Waals surface area contributed by atoms with Crippen LogP contribution in [0.1, 0.15) is 51.2 Å². The molecule has 4 nitrogen and oxygen atoms in total. The minimum atomic E-state index is -3.32. The van der Waals surface area contributed by atoms with Crippen molar-refractivity contribution in [2.75, 3.05) is 6.54 Å². The molecule has 0 bridgehead atoms. The first-order valence-electron chi connectivity index (χ1n) is 7.39. The van der Waals surface area contributed by atoms with Gasteiger partial charge in [-0.15, -0.1) is 0 Å². The lowest BCUT2D eigenvalue weighted by Gasteiger charge is -2.26. The maximum atomic E-state index is 12.6. The molecule has 0 unspecified atom stereocenters. The zero-order chi connectivity index (χ0) is 15.9. The quantitative estimate of drug-likeness (QED) is 0.692. The van der Waals surface area contributed by atoms with Crippen molar-refractivity contribution in [2.24, 2.45) is 0 Å². The average Bonchev–Trinajstić information content (AvgIpc) is 2.43. The fraction of sp³-hybridized carbons (Fsp3) is 0.562. The largest absolute Gasteiger partial charge is 0.218 e. The van der Waals surface area contributed by atoms with Crippen LogP contribution < -0.4 is 0 Å². The molecule has 0 saturated carbocycles. The number of nitriles is 1. The van der Waals surface area contributed by atoms with Crippen molar-refractivity contribution in [3.63, 3.8) is 0 Å². The Hall–Kier alpha value is -1.38. The lowest BCUT2D eigenvalue weighted by atomic mass is 10.2. The van der Waals surface area contributed by atoms with Gasteiger partial charge >= 0.3 is 0 Å². The van der Waals surface area contributed by atoms with Gasteiger partial charge in [0.25, 0.3) is 0 Å². The highest BCUT2D eigenvalue weighted by Gasteiger charge is 2.24. The summed E-state index contributed by atoms with van der Waals surface area (Å²) in [4.78, 5) is 0. The Morgan fingerprint density at radius 2 is 1.81 bits per heavy atom. The van der Waals surface area contributed by atoms with Gasteiger partial charge in [-0.25, -0.2) is 8.42 Å². The highest BCUT2D eigenvalue weighted by molar-refractivity contribution is 7.88. The van der Waals surface area contributed by atoms with E-state index in [4.69, 9.17) is 5.26 Å². The van der Waals surface area contributed by atoms with Crippen LogP contribution in [-0.4, -0.2) is 25.3 Å². The Morgan fingerprint density at radius 3 is 2.29 bits per heavy atom. The number of benzene rings is 1. The fourth-order valence-electron chi connectivity index (χ4n) is 2.21. The first-order valence-corrected chi connectivity index (χ1v) is 9.00. The average molecular weight is 308 g/mol. The van der Waals surface area contributed by atoms with Gasteiger partial charge in [0.2, 0.25) is 10.0 Å². The molecule has 0 aliphatic carbocycles.